The number of piperidine rings is 1. The van der Waals surface area contributed by atoms with Crippen LogP contribution in [0.5, 0.6) is 11.5 Å². The number of phenolic OH excluding ortho intramolecular Hbond substituents is 1. The van der Waals surface area contributed by atoms with Crippen molar-refractivity contribution >= 4 is 5.91 Å². The van der Waals surface area contributed by atoms with Gasteiger partial charge in [0.05, 0.1) is 7.11 Å². The number of methoxy groups -OCH3 is 1. The maximum atomic E-state index is 12.1. The molecule has 0 aromatic heterocycles. The second kappa shape index (κ2) is 6.61. The fourth-order valence-corrected chi connectivity index (χ4v) is 2.55. The first-order chi connectivity index (χ1) is 9.61. The second-order valence-electron chi connectivity index (χ2n) is 5.23. The van der Waals surface area contributed by atoms with E-state index in [1.807, 2.05) is 0 Å². The first-order valence-electron chi connectivity index (χ1n) is 6.97. The Morgan fingerprint density at radius 3 is 2.95 bits per heavy atom. The van der Waals surface area contributed by atoms with Gasteiger partial charge in [-0.1, -0.05) is 6.42 Å². The Balaban J connectivity index is 1.93. The number of ether oxygens (including phenoxy) is 1. The summed E-state index contributed by atoms with van der Waals surface area (Å²) in [7, 11) is 3.57. The molecule has 1 unspecified atom stereocenters. The highest BCUT2D eigenvalue weighted by Gasteiger charge is 2.19. The summed E-state index contributed by atoms with van der Waals surface area (Å²) in [6, 6.07) is 5.08. The van der Waals surface area contributed by atoms with Crippen molar-refractivity contribution in [2.45, 2.75) is 25.3 Å². The number of aromatic hydroxyl groups is 1. The number of likely N-dealkylation sites (tertiary alicyclic amines) is 1. The van der Waals surface area contributed by atoms with Crippen LogP contribution in [0.15, 0.2) is 18.2 Å². The number of phenols is 1. The molecule has 1 fully saturated rings. The van der Waals surface area contributed by atoms with Gasteiger partial charge in [0.2, 0.25) is 0 Å². The third-order valence-corrected chi connectivity index (χ3v) is 3.86. The maximum absolute atomic E-state index is 12.1. The van der Waals surface area contributed by atoms with Crippen LogP contribution in [0.1, 0.15) is 29.6 Å². The molecular formula is C15H22N2O3. The van der Waals surface area contributed by atoms with Gasteiger partial charge in [0, 0.05) is 18.2 Å². The van der Waals surface area contributed by atoms with Gasteiger partial charge in [-0.05, 0) is 44.6 Å². The van der Waals surface area contributed by atoms with Crippen molar-refractivity contribution in [2.75, 3.05) is 27.2 Å². The van der Waals surface area contributed by atoms with Gasteiger partial charge in [-0.2, -0.15) is 0 Å². The van der Waals surface area contributed by atoms with Crippen LogP contribution in [0, 0.1) is 0 Å². The van der Waals surface area contributed by atoms with Crippen molar-refractivity contribution in [3.8, 4) is 11.5 Å². The SMILES string of the molecule is COc1ccc(C(=O)NCC2CCCCN2C)cc1O. The van der Waals surface area contributed by atoms with Crippen LogP contribution in [-0.4, -0.2) is 49.2 Å². The molecule has 1 aromatic carbocycles. The lowest BCUT2D eigenvalue weighted by atomic mass is 10.0. The van der Waals surface area contributed by atoms with Crippen molar-refractivity contribution in [2.24, 2.45) is 0 Å². The van der Waals surface area contributed by atoms with Crippen LogP contribution in [0.25, 0.3) is 0 Å². The van der Waals surface area contributed by atoms with Crippen molar-refractivity contribution in [3.05, 3.63) is 23.8 Å². The molecule has 0 saturated carbocycles. The standard InChI is InChI=1S/C15H22N2O3/c1-17-8-4-3-5-12(17)10-16-15(19)11-6-7-14(20-2)13(18)9-11/h6-7,9,12,18H,3-5,8,10H2,1-2H3,(H,16,19). The van der Waals surface area contributed by atoms with Crippen LogP contribution in [-0.2, 0) is 0 Å². The minimum atomic E-state index is -0.165. The van der Waals surface area contributed by atoms with E-state index in [-0.39, 0.29) is 11.7 Å². The number of nitrogens with one attached hydrogen (secondary N) is 1. The van der Waals surface area contributed by atoms with E-state index in [0.717, 1.165) is 13.0 Å². The van der Waals surface area contributed by atoms with Gasteiger partial charge in [0.1, 0.15) is 0 Å². The van der Waals surface area contributed by atoms with Gasteiger partial charge < -0.3 is 20.1 Å². The molecule has 2 rings (SSSR count). The van der Waals surface area contributed by atoms with E-state index in [1.165, 1.54) is 26.0 Å². The molecular weight excluding hydrogens is 256 g/mol. The Kier molecular flexibility index (Phi) is 4.84. The molecule has 1 aliphatic rings. The number of nitrogens with zero attached hydrogens (tertiary/aromatic N) is 1. The van der Waals surface area contributed by atoms with E-state index >= 15 is 0 Å². The quantitative estimate of drug-likeness (QED) is 0.878. The molecule has 1 atom stereocenters. The molecule has 0 bridgehead atoms. The first kappa shape index (κ1) is 14.7. The minimum absolute atomic E-state index is 0.0186. The van der Waals surface area contributed by atoms with E-state index in [0.29, 0.717) is 23.9 Å². The highest BCUT2D eigenvalue weighted by Crippen LogP contribution is 2.26. The topological polar surface area (TPSA) is 61.8 Å². The van der Waals surface area contributed by atoms with Crippen LogP contribution in [0.2, 0.25) is 0 Å². The summed E-state index contributed by atoms with van der Waals surface area (Å²) in [6.07, 6.45) is 3.56. The third kappa shape index (κ3) is 3.42. The predicted octanol–water partition coefficient (Wildman–Crippen LogP) is 1.61. The number of amides is 1. The normalized spacial score (nSPS) is 19.6. The molecule has 1 aromatic rings. The number of rotatable bonds is 4. The monoisotopic (exact) mass is 278 g/mol. The van der Waals surface area contributed by atoms with E-state index < -0.39 is 0 Å². The first-order valence-corrected chi connectivity index (χ1v) is 6.97. The Bertz CT molecular complexity index is 476. The predicted molar refractivity (Wildman–Crippen MR) is 77.3 cm³/mol. The summed E-state index contributed by atoms with van der Waals surface area (Å²) < 4.78 is 4.96. The number of carbonyl (C=O) groups excluding carboxylic acids is 1. The molecule has 20 heavy (non-hydrogen) atoms. The van der Waals surface area contributed by atoms with Gasteiger partial charge in [-0.25, -0.2) is 0 Å². The van der Waals surface area contributed by atoms with Gasteiger partial charge in [-0.15, -0.1) is 0 Å². The number of hydrogen-bond acceptors (Lipinski definition) is 4. The number of carbonyl (C=O) groups is 1. The molecule has 1 saturated heterocycles. The molecule has 0 radical (unpaired) electrons. The van der Waals surface area contributed by atoms with Crippen molar-refractivity contribution < 1.29 is 14.6 Å². The molecule has 1 aliphatic heterocycles. The summed E-state index contributed by atoms with van der Waals surface area (Å²) in [5, 5.41) is 12.6. The molecule has 1 amide bonds. The zero-order valence-corrected chi connectivity index (χ0v) is 12.1. The average molecular weight is 278 g/mol. The van der Waals surface area contributed by atoms with Crippen LogP contribution < -0.4 is 10.1 Å². The Labute approximate surface area is 119 Å². The van der Waals surface area contributed by atoms with E-state index in [1.54, 1.807) is 12.1 Å². The zero-order chi connectivity index (χ0) is 14.5. The number of hydrogen-bond donors (Lipinski definition) is 2. The third-order valence-electron chi connectivity index (χ3n) is 3.86. The van der Waals surface area contributed by atoms with Crippen molar-refractivity contribution in [3.63, 3.8) is 0 Å². The Morgan fingerprint density at radius 1 is 1.50 bits per heavy atom. The van der Waals surface area contributed by atoms with Crippen LogP contribution in [0.4, 0.5) is 0 Å². The van der Waals surface area contributed by atoms with Gasteiger partial charge in [0.15, 0.2) is 11.5 Å². The molecule has 2 N–H and O–H groups in total. The highest BCUT2D eigenvalue weighted by molar-refractivity contribution is 5.94. The van der Waals surface area contributed by atoms with Crippen LogP contribution in [0.3, 0.4) is 0 Å². The highest BCUT2D eigenvalue weighted by atomic mass is 16.5. The molecule has 110 valence electrons. The van der Waals surface area contributed by atoms with Crippen molar-refractivity contribution in [1.82, 2.24) is 10.2 Å². The molecule has 0 spiro atoms. The summed E-state index contributed by atoms with van der Waals surface area (Å²) in [5.74, 6) is 0.186. The van der Waals surface area contributed by atoms with E-state index in [9.17, 15) is 9.90 Å². The fraction of sp³-hybridized carbons (Fsp3) is 0.533. The molecule has 1 heterocycles. The number of likely N-dealkylation sites (N-methyl/N-ethyl adjacent to an activating group) is 1. The van der Waals surface area contributed by atoms with Crippen molar-refractivity contribution in [1.29, 1.82) is 0 Å². The summed E-state index contributed by atoms with van der Waals surface area (Å²) in [4.78, 5) is 14.4. The lowest BCUT2D eigenvalue weighted by molar-refractivity contribution is 0.0928. The zero-order valence-electron chi connectivity index (χ0n) is 12.1. The largest absolute Gasteiger partial charge is 0.504 e. The fourth-order valence-electron chi connectivity index (χ4n) is 2.55. The van der Waals surface area contributed by atoms with Crippen LogP contribution >= 0.6 is 0 Å². The van der Waals surface area contributed by atoms with E-state index in [2.05, 4.69) is 17.3 Å². The second-order valence-corrected chi connectivity index (χ2v) is 5.23. The lowest BCUT2D eigenvalue weighted by Crippen LogP contribution is -2.44. The Morgan fingerprint density at radius 2 is 2.30 bits per heavy atom. The average Bonchev–Trinajstić information content (AvgIpc) is 2.46. The smallest absolute Gasteiger partial charge is 0.251 e. The summed E-state index contributed by atoms with van der Waals surface area (Å²) in [5.41, 5.74) is 0.446. The molecule has 5 nitrogen and oxygen atoms in total. The van der Waals surface area contributed by atoms with E-state index in [4.69, 9.17) is 4.74 Å². The van der Waals surface area contributed by atoms with Gasteiger partial charge in [-0.3, -0.25) is 4.79 Å². The molecule has 5 heteroatoms. The lowest BCUT2D eigenvalue weighted by Gasteiger charge is -2.32. The minimum Gasteiger partial charge on any atom is -0.504 e. The maximum Gasteiger partial charge on any atom is 0.251 e. The van der Waals surface area contributed by atoms with Gasteiger partial charge >= 0.3 is 0 Å². The summed E-state index contributed by atoms with van der Waals surface area (Å²) >= 11 is 0. The molecule has 0 aliphatic carbocycles. The number of benzene rings is 1. The Hall–Kier alpha value is -1.75. The van der Waals surface area contributed by atoms with Gasteiger partial charge in [0.25, 0.3) is 5.91 Å². The summed E-state index contributed by atoms with van der Waals surface area (Å²) in [6.45, 7) is 1.73.